The minimum Gasteiger partial charge on any atom is -0.445 e. The number of nitrogens with one attached hydrogen (secondary N) is 1. The predicted octanol–water partition coefficient (Wildman–Crippen LogP) is 4.41. The fourth-order valence-electron chi connectivity index (χ4n) is 4.79. The molecule has 7 nitrogen and oxygen atoms in total. The molecule has 1 aliphatic carbocycles. The molecule has 0 radical (unpaired) electrons. The van der Waals surface area contributed by atoms with E-state index in [1.54, 1.807) is 0 Å². The van der Waals surface area contributed by atoms with Crippen LogP contribution in [0.3, 0.4) is 0 Å². The van der Waals surface area contributed by atoms with Gasteiger partial charge in [0, 0.05) is 36.7 Å². The van der Waals surface area contributed by atoms with Gasteiger partial charge in [-0.1, -0.05) is 30.3 Å². The van der Waals surface area contributed by atoms with E-state index in [9.17, 15) is 5.11 Å². The summed E-state index contributed by atoms with van der Waals surface area (Å²) >= 11 is 1.82. The van der Waals surface area contributed by atoms with Gasteiger partial charge in [-0.25, -0.2) is 9.97 Å². The number of fused-ring (bicyclic) bond motifs is 1. The molecule has 6 rings (SSSR count). The molecule has 0 unspecified atom stereocenters. The number of piperidine rings is 1. The number of aromatic nitrogens is 3. The maximum atomic E-state index is 9.78. The van der Waals surface area contributed by atoms with E-state index < -0.39 is 0 Å². The third-order valence-electron chi connectivity index (χ3n) is 7.04. The molecule has 33 heavy (non-hydrogen) atoms. The first-order valence-electron chi connectivity index (χ1n) is 11.8. The van der Waals surface area contributed by atoms with Gasteiger partial charge < -0.3 is 19.7 Å². The molecule has 2 fully saturated rings. The Morgan fingerprint density at radius 1 is 1.15 bits per heavy atom. The van der Waals surface area contributed by atoms with Gasteiger partial charge in [-0.3, -0.25) is 0 Å². The van der Waals surface area contributed by atoms with Crippen LogP contribution in [0.15, 0.2) is 39.6 Å². The second kappa shape index (κ2) is 8.33. The Balaban J connectivity index is 1.18. The quantitative estimate of drug-likeness (QED) is 0.556. The van der Waals surface area contributed by atoms with Crippen LogP contribution in [0.1, 0.15) is 48.9 Å². The molecule has 1 saturated heterocycles. The van der Waals surface area contributed by atoms with Gasteiger partial charge in [0.25, 0.3) is 0 Å². The summed E-state index contributed by atoms with van der Waals surface area (Å²) in [4.78, 5) is 18.2. The van der Waals surface area contributed by atoms with Gasteiger partial charge in [0.2, 0.25) is 5.95 Å². The molecule has 172 valence electrons. The van der Waals surface area contributed by atoms with Crippen molar-refractivity contribution < 1.29 is 9.52 Å². The van der Waals surface area contributed by atoms with Gasteiger partial charge in [-0.05, 0) is 32.6 Å². The molecule has 2 N–H and O–H groups in total. The molecule has 4 heterocycles. The van der Waals surface area contributed by atoms with Crippen LogP contribution in [-0.2, 0) is 6.42 Å². The number of rotatable bonds is 6. The van der Waals surface area contributed by atoms with Crippen molar-refractivity contribution in [3.05, 3.63) is 47.7 Å². The Bertz CT molecular complexity index is 1150. The third kappa shape index (κ3) is 3.99. The fraction of sp³-hybridized carbons (Fsp3) is 0.480. The summed E-state index contributed by atoms with van der Waals surface area (Å²) in [5.41, 5.74) is 3.00. The van der Waals surface area contributed by atoms with Crippen molar-refractivity contribution in [2.75, 3.05) is 35.7 Å². The molecular formula is C25H29N5O2S. The normalized spacial score (nSPS) is 19.5. The second-order valence-electron chi connectivity index (χ2n) is 9.39. The molecule has 0 atom stereocenters. The van der Waals surface area contributed by atoms with E-state index in [0.717, 1.165) is 96.2 Å². The molecule has 3 aromatic rings. The first-order chi connectivity index (χ1) is 16.1. The third-order valence-corrected chi connectivity index (χ3v) is 8.16. The lowest BCUT2D eigenvalue weighted by Gasteiger charge is -2.31. The largest absolute Gasteiger partial charge is 0.445 e. The minimum atomic E-state index is -0.186. The molecule has 1 saturated carbocycles. The zero-order valence-electron chi connectivity index (χ0n) is 18.9. The topological polar surface area (TPSA) is 87.3 Å². The average molecular weight is 464 g/mol. The Morgan fingerprint density at radius 3 is 2.67 bits per heavy atom. The van der Waals surface area contributed by atoms with Gasteiger partial charge in [-0.15, -0.1) is 11.8 Å². The maximum Gasteiger partial charge on any atom is 0.227 e. The molecule has 8 heteroatoms. The minimum absolute atomic E-state index is 0.150. The average Bonchev–Trinajstić information content (AvgIpc) is 3.26. The number of anilines is 2. The summed E-state index contributed by atoms with van der Waals surface area (Å²) in [6, 6.07) is 10.2. The highest BCUT2D eigenvalue weighted by Gasteiger charge is 2.43. The maximum absolute atomic E-state index is 9.78. The van der Waals surface area contributed by atoms with Crippen molar-refractivity contribution in [3.8, 4) is 11.3 Å². The molecule has 0 amide bonds. The number of benzene rings is 1. The molecule has 3 aliphatic rings. The summed E-state index contributed by atoms with van der Waals surface area (Å²) in [7, 11) is 0. The van der Waals surface area contributed by atoms with E-state index in [1.165, 1.54) is 0 Å². The van der Waals surface area contributed by atoms with Crippen LogP contribution >= 0.6 is 11.8 Å². The van der Waals surface area contributed by atoms with Gasteiger partial charge in [0.05, 0.1) is 22.7 Å². The van der Waals surface area contributed by atoms with Crippen molar-refractivity contribution >= 4 is 23.5 Å². The molecule has 0 bridgehead atoms. The number of thioether (sulfide) groups is 1. The zero-order valence-corrected chi connectivity index (χ0v) is 19.7. The van der Waals surface area contributed by atoms with E-state index >= 15 is 0 Å². The smallest absolute Gasteiger partial charge is 0.227 e. The van der Waals surface area contributed by atoms with Crippen LogP contribution in [0.25, 0.3) is 11.3 Å². The lowest BCUT2D eigenvalue weighted by atomic mass is 9.97. The van der Waals surface area contributed by atoms with Crippen molar-refractivity contribution in [1.82, 2.24) is 15.0 Å². The molecular weight excluding hydrogens is 434 g/mol. The molecule has 2 aromatic heterocycles. The second-order valence-corrected chi connectivity index (χ2v) is 10.5. The monoisotopic (exact) mass is 463 g/mol. The van der Waals surface area contributed by atoms with Crippen LogP contribution in [0.2, 0.25) is 0 Å². The number of hydrogen-bond acceptors (Lipinski definition) is 8. The lowest BCUT2D eigenvalue weighted by Crippen LogP contribution is -2.35. The van der Waals surface area contributed by atoms with Crippen molar-refractivity contribution in [1.29, 1.82) is 0 Å². The Kier molecular flexibility index (Phi) is 5.30. The first kappa shape index (κ1) is 21.0. The molecule has 1 aromatic carbocycles. The Morgan fingerprint density at radius 2 is 1.94 bits per heavy atom. The number of nitrogens with zero attached hydrogens (tertiary/aromatic N) is 4. The highest BCUT2D eigenvalue weighted by Crippen LogP contribution is 2.43. The lowest BCUT2D eigenvalue weighted by molar-refractivity contribution is 0.265. The highest BCUT2D eigenvalue weighted by molar-refractivity contribution is 7.99. The summed E-state index contributed by atoms with van der Waals surface area (Å²) in [5, 5.41) is 13.3. The molecule has 0 spiro atoms. The SMILES string of the molecule is Cc1oc(C2CCN(c3nc4c(c(NC5(CO)CC5)n3)SCC4)CC2)nc1-c1ccccc1. The predicted molar refractivity (Wildman–Crippen MR) is 130 cm³/mol. The zero-order chi connectivity index (χ0) is 22.4. The van der Waals surface area contributed by atoms with E-state index in [1.807, 2.05) is 36.9 Å². The fourth-order valence-corrected chi connectivity index (χ4v) is 5.83. The number of oxazole rings is 1. The Labute approximate surface area is 198 Å². The number of aliphatic hydroxyl groups excluding tert-OH is 1. The van der Waals surface area contributed by atoms with Gasteiger partial charge in [0.15, 0.2) is 5.89 Å². The van der Waals surface area contributed by atoms with E-state index in [0.29, 0.717) is 5.92 Å². The van der Waals surface area contributed by atoms with Crippen molar-refractivity contribution in [2.24, 2.45) is 0 Å². The van der Waals surface area contributed by atoms with E-state index in [2.05, 4.69) is 22.3 Å². The van der Waals surface area contributed by atoms with Crippen LogP contribution in [0.4, 0.5) is 11.8 Å². The number of aryl methyl sites for hydroxylation is 2. The van der Waals surface area contributed by atoms with Gasteiger partial charge in [-0.2, -0.15) is 4.98 Å². The summed E-state index contributed by atoms with van der Waals surface area (Å²) in [6.45, 7) is 3.90. The standard InChI is InChI=1S/C25H29N5O2S/c1-16-20(17-5-3-2-4-6-17)27-23(32-16)18-7-12-30(13-8-18)24-26-19-9-14-33-21(19)22(28-24)29-25(15-31)10-11-25/h2-6,18,31H,7-15H2,1H3,(H,26,28,29). The van der Waals surface area contributed by atoms with E-state index in [-0.39, 0.29) is 12.1 Å². The van der Waals surface area contributed by atoms with Crippen LogP contribution < -0.4 is 10.2 Å². The summed E-state index contributed by atoms with van der Waals surface area (Å²) < 4.78 is 6.11. The van der Waals surface area contributed by atoms with Gasteiger partial charge >= 0.3 is 0 Å². The summed E-state index contributed by atoms with van der Waals surface area (Å²) in [5.74, 6) is 4.79. The van der Waals surface area contributed by atoms with Crippen molar-refractivity contribution in [2.45, 2.75) is 55.4 Å². The first-order valence-corrected chi connectivity index (χ1v) is 12.8. The van der Waals surface area contributed by atoms with Gasteiger partial charge in [0.1, 0.15) is 17.3 Å². The summed E-state index contributed by atoms with van der Waals surface area (Å²) in [6.07, 6.45) is 4.90. The Hall–Kier alpha value is -2.58. The van der Waals surface area contributed by atoms with Crippen molar-refractivity contribution in [3.63, 3.8) is 0 Å². The molecule has 2 aliphatic heterocycles. The van der Waals surface area contributed by atoms with Crippen LogP contribution in [0.5, 0.6) is 0 Å². The van der Waals surface area contributed by atoms with Crippen LogP contribution in [0, 0.1) is 6.92 Å². The van der Waals surface area contributed by atoms with Crippen LogP contribution in [-0.4, -0.2) is 51.0 Å². The highest BCUT2D eigenvalue weighted by atomic mass is 32.2. The van der Waals surface area contributed by atoms with E-state index in [4.69, 9.17) is 19.4 Å². The number of hydrogen-bond donors (Lipinski definition) is 2. The number of aliphatic hydroxyl groups is 1.